The maximum absolute atomic E-state index is 9.85. The molecule has 0 unspecified atom stereocenters. The minimum absolute atomic E-state index is 0.630. The lowest BCUT2D eigenvalue weighted by molar-refractivity contribution is 0.104. The summed E-state index contributed by atoms with van der Waals surface area (Å²) < 4.78 is 5.02. The second-order valence-corrected chi connectivity index (χ2v) is 4.00. The van der Waals surface area contributed by atoms with Gasteiger partial charge in [-0.3, -0.25) is 0 Å². The highest BCUT2D eigenvalue weighted by Crippen LogP contribution is 2.24. The quantitative estimate of drug-likeness (QED) is 0.767. The lowest BCUT2D eigenvalue weighted by Crippen LogP contribution is -2.39. The average Bonchev–Trinajstić information content (AvgIpc) is 2.15. The number of hydrogen-bond acceptors (Lipinski definition) is 3. The van der Waals surface area contributed by atoms with E-state index in [-0.39, 0.29) is 0 Å². The number of ether oxygens (including phenoxy) is 1. The lowest BCUT2D eigenvalue weighted by Gasteiger charge is -2.26. The molecule has 0 aromatic heterocycles. The predicted molar refractivity (Wildman–Crippen MR) is 56.2 cm³/mol. The first-order valence-corrected chi connectivity index (χ1v) is 4.56. The van der Waals surface area contributed by atoms with E-state index in [1.54, 1.807) is 21.0 Å². The van der Waals surface area contributed by atoms with Crippen molar-refractivity contribution in [1.29, 1.82) is 0 Å². The van der Waals surface area contributed by atoms with Gasteiger partial charge in [0, 0.05) is 5.54 Å². The van der Waals surface area contributed by atoms with Gasteiger partial charge in [-0.15, -0.1) is 0 Å². The van der Waals surface area contributed by atoms with Crippen LogP contribution in [0.2, 0.25) is 0 Å². The second kappa shape index (κ2) is 3.98. The van der Waals surface area contributed by atoms with E-state index in [1.807, 2.05) is 24.3 Å². The molecule has 0 spiro atoms. The van der Waals surface area contributed by atoms with Crippen LogP contribution in [-0.4, -0.2) is 17.8 Å². The fourth-order valence-corrected chi connectivity index (χ4v) is 1.22. The molecule has 3 nitrogen and oxygen atoms in total. The number of methoxy groups -OCH3 is 1. The Labute approximate surface area is 84.5 Å². The molecular formula is C11H17NO2. The van der Waals surface area contributed by atoms with E-state index in [0.717, 1.165) is 11.3 Å². The van der Waals surface area contributed by atoms with Gasteiger partial charge in [0.2, 0.25) is 0 Å². The smallest absolute Gasteiger partial charge is 0.118 e. The molecule has 0 aliphatic rings. The van der Waals surface area contributed by atoms with Crippen molar-refractivity contribution in [3.63, 3.8) is 0 Å². The van der Waals surface area contributed by atoms with Gasteiger partial charge < -0.3 is 15.6 Å². The molecule has 0 fully saturated rings. The van der Waals surface area contributed by atoms with Crippen LogP contribution in [0, 0.1) is 0 Å². The first-order valence-electron chi connectivity index (χ1n) is 4.56. The molecule has 14 heavy (non-hydrogen) atoms. The zero-order valence-corrected chi connectivity index (χ0v) is 8.82. The molecule has 1 aromatic rings. The van der Waals surface area contributed by atoms with E-state index >= 15 is 0 Å². The molecule has 78 valence electrons. The van der Waals surface area contributed by atoms with Crippen molar-refractivity contribution < 1.29 is 9.84 Å². The summed E-state index contributed by atoms with van der Waals surface area (Å²) in [5, 5.41) is 9.85. The van der Waals surface area contributed by atoms with Crippen LogP contribution in [0.4, 0.5) is 0 Å². The highest BCUT2D eigenvalue weighted by Gasteiger charge is 2.23. The normalized spacial score (nSPS) is 13.8. The van der Waals surface area contributed by atoms with Gasteiger partial charge in [-0.25, -0.2) is 0 Å². The van der Waals surface area contributed by atoms with Crippen molar-refractivity contribution in [3.8, 4) is 5.75 Å². The van der Waals surface area contributed by atoms with Gasteiger partial charge in [0.15, 0.2) is 0 Å². The predicted octanol–water partition coefficient (Wildman–Crippen LogP) is 1.47. The third-order valence-corrected chi connectivity index (χ3v) is 2.14. The van der Waals surface area contributed by atoms with E-state index in [1.165, 1.54) is 0 Å². The molecule has 0 aliphatic heterocycles. The number of aliphatic hydroxyl groups excluding tert-OH is 1. The molecule has 1 rings (SSSR count). The summed E-state index contributed by atoms with van der Waals surface area (Å²) in [6, 6.07) is 7.25. The topological polar surface area (TPSA) is 55.5 Å². The largest absolute Gasteiger partial charge is 0.497 e. The molecule has 3 N–H and O–H groups in total. The molecule has 3 heteroatoms. The summed E-state index contributed by atoms with van der Waals surface area (Å²) >= 11 is 0. The van der Waals surface area contributed by atoms with Gasteiger partial charge in [0.1, 0.15) is 5.75 Å². The zero-order valence-electron chi connectivity index (χ0n) is 8.82. The van der Waals surface area contributed by atoms with Gasteiger partial charge >= 0.3 is 0 Å². The Kier molecular flexibility index (Phi) is 3.13. The highest BCUT2D eigenvalue weighted by molar-refractivity contribution is 5.29. The van der Waals surface area contributed by atoms with Crippen LogP contribution in [0.5, 0.6) is 5.75 Å². The van der Waals surface area contributed by atoms with Crippen LogP contribution in [0.15, 0.2) is 24.3 Å². The third kappa shape index (κ3) is 2.47. The van der Waals surface area contributed by atoms with Gasteiger partial charge in [-0.1, -0.05) is 12.1 Å². The van der Waals surface area contributed by atoms with E-state index in [2.05, 4.69) is 0 Å². The molecular weight excluding hydrogens is 178 g/mol. The summed E-state index contributed by atoms with van der Waals surface area (Å²) in [7, 11) is 1.61. The SMILES string of the molecule is COc1ccc([C@H](O)C(C)(C)N)cc1. The van der Waals surface area contributed by atoms with Crippen molar-refractivity contribution in [2.45, 2.75) is 25.5 Å². The molecule has 0 heterocycles. The van der Waals surface area contributed by atoms with Gasteiger partial charge in [-0.05, 0) is 31.5 Å². The summed E-state index contributed by atoms with van der Waals surface area (Å²) in [5.41, 5.74) is 5.97. The van der Waals surface area contributed by atoms with E-state index in [0.29, 0.717) is 0 Å². The van der Waals surface area contributed by atoms with Crippen molar-refractivity contribution in [3.05, 3.63) is 29.8 Å². The molecule has 0 bridgehead atoms. The second-order valence-electron chi connectivity index (χ2n) is 4.00. The summed E-state index contributed by atoms with van der Waals surface area (Å²) in [4.78, 5) is 0. The standard InChI is InChI=1S/C11H17NO2/c1-11(2,12)10(13)8-4-6-9(14-3)7-5-8/h4-7,10,13H,12H2,1-3H3/t10-/m0/s1. The molecule has 1 atom stereocenters. The van der Waals surface area contributed by atoms with Crippen LogP contribution in [0.3, 0.4) is 0 Å². The first-order chi connectivity index (χ1) is 6.45. The average molecular weight is 195 g/mol. The summed E-state index contributed by atoms with van der Waals surface area (Å²) in [6.45, 7) is 3.59. The van der Waals surface area contributed by atoms with Crippen molar-refractivity contribution in [2.24, 2.45) is 5.73 Å². The third-order valence-electron chi connectivity index (χ3n) is 2.14. The van der Waals surface area contributed by atoms with Gasteiger partial charge in [0.25, 0.3) is 0 Å². The summed E-state index contributed by atoms with van der Waals surface area (Å²) in [5.74, 6) is 0.774. The molecule has 0 amide bonds. The Bertz CT molecular complexity index is 287. The molecule has 1 aromatic carbocycles. The van der Waals surface area contributed by atoms with E-state index in [9.17, 15) is 5.11 Å². The molecule has 0 aliphatic carbocycles. The monoisotopic (exact) mass is 195 g/mol. The molecule has 0 radical (unpaired) electrons. The van der Waals surface area contributed by atoms with Gasteiger partial charge in [0.05, 0.1) is 13.2 Å². The molecule has 0 saturated heterocycles. The van der Waals surface area contributed by atoms with Crippen molar-refractivity contribution in [2.75, 3.05) is 7.11 Å². The maximum Gasteiger partial charge on any atom is 0.118 e. The van der Waals surface area contributed by atoms with Crippen LogP contribution >= 0.6 is 0 Å². The van der Waals surface area contributed by atoms with Crippen LogP contribution in [-0.2, 0) is 0 Å². The number of aliphatic hydroxyl groups is 1. The summed E-state index contributed by atoms with van der Waals surface area (Å²) in [6.07, 6.45) is -0.659. The number of nitrogens with two attached hydrogens (primary N) is 1. The minimum Gasteiger partial charge on any atom is -0.497 e. The first kappa shape index (κ1) is 11.0. The Morgan fingerprint density at radius 3 is 2.14 bits per heavy atom. The van der Waals surface area contributed by atoms with Gasteiger partial charge in [-0.2, -0.15) is 0 Å². The molecule has 0 saturated carbocycles. The van der Waals surface area contributed by atoms with Crippen LogP contribution in [0.1, 0.15) is 25.5 Å². The lowest BCUT2D eigenvalue weighted by atomic mass is 9.92. The van der Waals surface area contributed by atoms with Crippen molar-refractivity contribution in [1.82, 2.24) is 0 Å². The Balaban J connectivity index is 2.87. The van der Waals surface area contributed by atoms with E-state index < -0.39 is 11.6 Å². The fourth-order valence-electron chi connectivity index (χ4n) is 1.22. The van der Waals surface area contributed by atoms with Crippen LogP contribution < -0.4 is 10.5 Å². The Hall–Kier alpha value is -1.06. The number of hydrogen-bond donors (Lipinski definition) is 2. The maximum atomic E-state index is 9.85. The minimum atomic E-state index is -0.659. The van der Waals surface area contributed by atoms with Crippen LogP contribution in [0.25, 0.3) is 0 Å². The number of benzene rings is 1. The van der Waals surface area contributed by atoms with E-state index in [4.69, 9.17) is 10.5 Å². The Morgan fingerprint density at radius 2 is 1.79 bits per heavy atom. The zero-order chi connectivity index (χ0) is 10.8. The highest BCUT2D eigenvalue weighted by atomic mass is 16.5. The Morgan fingerprint density at radius 1 is 1.29 bits per heavy atom. The number of rotatable bonds is 3. The fraction of sp³-hybridized carbons (Fsp3) is 0.455. The van der Waals surface area contributed by atoms with Crippen molar-refractivity contribution >= 4 is 0 Å².